The fourth-order valence-electron chi connectivity index (χ4n) is 4.24. The minimum Gasteiger partial charge on any atom is -0.504 e. The normalized spacial score (nSPS) is 24.5. The molecule has 0 aliphatic carbocycles. The Labute approximate surface area is 151 Å². The number of carbonyl (C=O) groups excluding carboxylic acids is 1. The van der Waals surface area contributed by atoms with Gasteiger partial charge in [-0.05, 0) is 41.8 Å². The maximum Gasteiger partial charge on any atom is 0.254 e. The molecule has 0 saturated carbocycles. The summed E-state index contributed by atoms with van der Waals surface area (Å²) in [5, 5.41) is 13.4. The van der Waals surface area contributed by atoms with Crippen LogP contribution in [-0.2, 0) is 0 Å². The number of hydrogen-bond acceptors (Lipinski definition) is 4. The SMILES string of the molecule is COc1ccc(C(=O)N2C[C@@H]3CNC[C@@H]3[C@H]2c2cccc(F)c2)cc1O. The van der Waals surface area contributed by atoms with Crippen LogP contribution in [0.2, 0.25) is 0 Å². The molecule has 4 rings (SSSR count). The van der Waals surface area contributed by atoms with E-state index >= 15 is 0 Å². The fourth-order valence-corrected chi connectivity index (χ4v) is 4.24. The van der Waals surface area contributed by atoms with E-state index in [1.165, 1.54) is 25.3 Å². The van der Waals surface area contributed by atoms with Crippen molar-refractivity contribution in [1.29, 1.82) is 0 Å². The zero-order chi connectivity index (χ0) is 18.3. The second-order valence-corrected chi connectivity index (χ2v) is 6.93. The first-order chi connectivity index (χ1) is 12.6. The van der Waals surface area contributed by atoms with Crippen LogP contribution in [-0.4, -0.2) is 42.7 Å². The molecule has 2 fully saturated rings. The van der Waals surface area contributed by atoms with Crippen LogP contribution in [0.4, 0.5) is 4.39 Å². The molecule has 1 amide bonds. The Morgan fingerprint density at radius 3 is 2.85 bits per heavy atom. The minimum absolute atomic E-state index is 0.0679. The Bertz CT molecular complexity index is 842. The Hall–Kier alpha value is -2.60. The zero-order valence-corrected chi connectivity index (χ0v) is 14.5. The van der Waals surface area contributed by atoms with Crippen molar-refractivity contribution in [2.75, 3.05) is 26.7 Å². The highest BCUT2D eigenvalue weighted by Gasteiger charge is 2.47. The van der Waals surface area contributed by atoms with Gasteiger partial charge < -0.3 is 20.1 Å². The summed E-state index contributed by atoms with van der Waals surface area (Å²) in [6, 6.07) is 11.0. The number of carbonyl (C=O) groups is 1. The maximum absolute atomic E-state index is 13.8. The summed E-state index contributed by atoms with van der Waals surface area (Å²) in [5.74, 6) is 0.400. The van der Waals surface area contributed by atoms with Crippen LogP contribution in [0.15, 0.2) is 42.5 Å². The highest BCUT2D eigenvalue weighted by Crippen LogP contribution is 2.43. The lowest BCUT2D eigenvalue weighted by molar-refractivity contribution is 0.0713. The number of methoxy groups -OCH3 is 1. The molecule has 136 valence electrons. The van der Waals surface area contributed by atoms with Crippen LogP contribution in [0.5, 0.6) is 11.5 Å². The van der Waals surface area contributed by atoms with Gasteiger partial charge in [0, 0.05) is 31.1 Å². The lowest BCUT2D eigenvalue weighted by atomic mass is 9.89. The Kier molecular flexibility index (Phi) is 4.28. The van der Waals surface area contributed by atoms with Gasteiger partial charge in [-0.3, -0.25) is 4.79 Å². The molecule has 0 radical (unpaired) electrons. The molecule has 2 aliphatic rings. The average Bonchev–Trinajstić information content (AvgIpc) is 3.21. The lowest BCUT2D eigenvalue weighted by Gasteiger charge is -2.28. The number of rotatable bonds is 3. The van der Waals surface area contributed by atoms with Crippen molar-refractivity contribution in [3.63, 3.8) is 0 Å². The number of benzene rings is 2. The van der Waals surface area contributed by atoms with Gasteiger partial charge in [-0.15, -0.1) is 0 Å². The topological polar surface area (TPSA) is 61.8 Å². The second kappa shape index (κ2) is 6.61. The maximum atomic E-state index is 13.8. The minimum atomic E-state index is -0.300. The molecular formula is C20H21FN2O3. The molecule has 2 N–H and O–H groups in total. The van der Waals surface area contributed by atoms with E-state index < -0.39 is 0 Å². The average molecular weight is 356 g/mol. The fraction of sp³-hybridized carbons (Fsp3) is 0.350. The number of phenols is 1. The molecule has 2 aromatic rings. The zero-order valence-electron chi connectivity index (χ0n) is 14.5. The first-order valence-electron chi connectivity index (χ1n) is 8.72. The highest BCUT2D eigenvalue weighted by molar-refractivity contribution is 5.95. The molecule has 0 bridgehead atoms. The van der Waals surface area contributed by atoms with E-state index in [1.54, 1.807) is 18.2 Å². The first-order valence-corrected chi connectivity index (χ1v) is 8.72. The molecule has 6 heteroatoms. The van der Waals surface area contributed by atoms with Gasteiger partial charge in [0.2, 0.25) is 0 Å². The quantitative estimate of drug-likeness (QED) is 0.887. The Morgan fingerprint density at radius 2 is 2.12 bits per heavy atom. The summed E-state index contributed by atoms with van der Waals surface area (Å²) in [6.45, 7) is 2.28. The van der Waals surface area contributed by atoms with Crippen molar-refractivity contribution in [3.8, 4) is 11.5 Å². The van der Waals surface area contributed by atoms with Gasteiger partial charge in [-0.1, -0.05) is 12.1 Å². The van der Waals surface area contributed by atoms with Crippen molar-refractivity contribution in [2.45, 2.75) is 6.04 Å². The molecule has 26 heavy (non-hydrogen) atoms. The number of aromatic hydroxyl groups is 1. The third-order valence-corrected chi connectivity index (χ3v) is 5.44. The summed E-state index contributed by atoms with van der Waals surface area (Å²) in [6.07, 6.45) is 0. The van der Waals surface area contributed by atoms with Crippen molar-refractivity contribution in [1.82, 2.24) is 10.2 Å². The van der Waals surface area contributed by atoms with Crippen LogP contribution >= 0.6 is 0 Å². The van der Waals surface area contributed by atoms with Gasteiger partial charge in [0.15, 0.2) is 11.5 Å². The van der Waals surface area contributed by atoms with Crippen molar-refractivity contribution in [2.24, 2.45) is 11.8 Å². The number of hydrogen-bond donors (Lipinski definition) is 2. The number of ether oxygens (including phenoxy) is 1. The van der Waals surface area contributed by atoms with E-state index in [9.17, 15) is 14.3 Å². The third-order valence-electron chi connectivity index (χ3n) is 5.44. The van der Waals surface area contributed by atoms with Gasteiger partial charge >= 0.3 is 0 Å². The number of phenolic OH excluding ortho intramolecular Hbond substituents is 1. The molecule has 2 saturated heterocycles. The summed E-state index contributed by atoms with van der Waals surface area (Å²) in [5.41, 5.74) is 1.21. The largest absolute Gasteiger partial charge is 0.504 e. The molecule has 3 atom stereocenters. The summed E-state index contributed by atoms with van der Waals surface area (Å²) in [7, 11) is 1.46. The van der Waals surface area contributed by atoms with E-state index in [2.05, 4.69) is 5.32 Å². The molecule has 0 aromatic heterocycles. The molecule has 0 unspecified atom stereocenters. The first kappa shape index (κ1) is 16.8. The van der Waals surface area contributed by atoms with Gasteiger partial charge in [0.25, 0.3) is 5.91 Å². The van der Waals surface area contributed by atoms with E-state index in [4.69, 9.17) is 4.74 Å². The highest BCUT2D eigenvalue weighted by atomic mass is 19.1. The van der Waals surface area contributed by atoms with E-state index in [0.29, 0.717) is 23.8 Å². The number of halogens is 1. The lowest BCUT2D eigenvalue weighted by Crippen LogP contribution is -2.34. The monoisotopic (exact) mass is 356 g/mol. The Balaban J connectivity index is 1.69. The molecule has 2 heterocycles. The number of nitrogens with one attached hydrogen (secondary N) is 1. The van der Waals surface area contributed by atoms with Crippen LogP contribution in [0.25, 0.3) is 0 Å². The third kappa shape index (κ3) is 2.80. The summed E-state index contributed by atoms with van der Waals surface area (Å²) < 4.78 is 18.8. The summed E-state index contributed by atoms with van der Waals surface area (Å²) in [4.78, 5) is 15.0. The predicted octanol–water partition coefficient (Wildman–Crippen LogP) is 2.57. The summed E-state index contributed by atoms with van der Waals surface area (Å²) >= 11 is 0. The van der Waals surface area contributed by atoms with Gasteiger partial charge in [-0.25, -0.2) is 4.39 Å². The molecule has 0 spiro atoms. The predicted molar refractivity (Wildman–Crippen MR) is 94.7 cm³/mol. The molecule has 2 aromatic carbocycles. The number of fused-ring (bicyclic) bond motifs is 1. The molecular weight excluding hydrogens is 335 g/mol. The van der Waals surface area contributed by atoms with Crippen molar-refractivity contribution in [3.05, 3.63) is 59.4 Å². The van der Waals surface area contributed by atoms with E-state index in [0.717, 1.165) is 18.7 Å². The van der Waals surface area contributed by atoms with Crippen LogP contribution in [0, 0.1) is 17.7 Å². The molecule has 2 aliphatic heterocycles. The van der Waals surface area contributed by atoms with Gasteiger partial charge in [0.1, 0.15) is 5.82 Å². The molecule has 5 nitrogen and oxygen atoms in total. The van der Waals surface area contributed by atoms with E-state index in [-0.39, 0.29) is 29.4 Å². The van der Waals surface area contributed by atoms with Gasteiger partial charge in [0.05, 0.1) is 13.2 Å². The second-order valence-electron chi connectivity index (χ2n) is 6.93. The van der Waals surface area contributed by atoms with Crippen LogP contribution in [0.3, 0.4) is 0 Å². The number of amides is 1. The standard InChI is InChI=1S/C20H21FN2O3/c1-26-18-6-5-13(8-17(18)24)20(25)23-11-14-9-22-10-16(14)19(23)12-3-2-4-15(21)7-12/h2-8,14,16,19,22,24H,9-11H2,1H3/t14-,16-,19+/m0/s1. The van der Waals surface area contributed by atoms with Crippen molar-refractivity contribution >= 4 is 5.91 Å². The van der Waals surface area contributed by atoms with Crippen LogP contribution < -0.4 is 10.1 Å². The number of likely N-dealkylation sites (tertiary alicyclic amines) is 1. The van der Waals surface area contributed by atoms with Crippen molar-refractivity contribution < 1.29 is 19.0 Å². The Morgan fingerprint density at radius 1 is 1.27 bits per heavy atom. The van der Waals surface area contributed by atoms with Gasteiger partial charge in [-0.2, -0.15) is 0 Å². The van der Waals surface area contributed by atoms with Crippen LogP contribution in [0.1, 0.15) is 22.0 Å². The van der Waals surface area contributed by atoms with E-state index in [1.807, 2.05) is 11.0 Å². The smallest absolute Gasteiger partial charge is 0.254 e. The number of nitrogens with zero attached hydrogens (tertiary/aromatic N) is 1.